The third-order valence-corrected chi connectivity index (χ3v) is 3.75. The maximum Gasteiger partial charge on any atom is 0.416 e. The summed E-state index contributed by atoms with van der Waals surface area (Å²) in [6, 6.07) is 4.98. The van der Waals surface area contributed by atoms with Crippen LogP contribution in [0.4, 0.5) is 37.7 Å². The van der Waals surface area contributed by atoms with Crippen molar-refractivity contribution in [1.82, 2.24) is 10.2 Å². The summed E-state index contributed by atoms with van der Waals surface area (Å²) in [5.41, 5.74) is -3.35. The fourth-order valence-corrected chi connectivity index (χ4v) is 2.42. The maximum absolute atomic E-state index is 12.9. The number of H-pyrrole nitrogens is 1. The molecule has 152 valence electrons. The van der Waals surface area contributed by atoms with Gasteiger partial charge in [0.05, 0.1) is 22.8 Å². The molecule has 3 rings (SSSR count). The van der Waals surface area contributed by atoms with E-state index in [1.54, 1.807) is 11.4 Å². The Balaban J connectivity index is 1.80. The van der Waals surface area contributed by atoms with Crippen molar-refractivity contribution in [2.45, 2.75) is 12.4 Å². The molecule has 0 saturated carbocycles. The molecule has 0 saturated heterocycles. The molecule has 1 aromatic heterocycles. The Labute approximate surface area is 157 Å². The molecule has 0 spiro atoms. The molecule has 3 aromatic rings. The van der Waals surface area contributed by atoms with Crippen molar-refractivity contribution in [3.05, 3.63) is 53.7 Å². The molecule has 29 heavy (non-hydrogen) atoms. The van der Waals surface area contributed by atoms with Gasteiger partial charge in [-0.1, -0.05) is 0 Å². The van der Waals surface area contributed by atoms with E-state index in [0.717, 1.165) is 5.39 Å². The number of alkyl halides is 6. The first-order valence-corrected chi connectivity index (χ1v) is 7.78. The molecule has 0 radical (unpaired) electrons. The summed E-state index contributed by atoms with van der Waals surface area (Å²) in [4.78, 5) is 23.9. The lowest BCUT2D eigenvalue weighted by Crippen LogP contribution is -2.29. The highest BCUT2D eigenvalue weighted by Crippen LogP contribution is 2.37. The van der Waals surface area contributed by atoms with Crippen LogP contribution >= 0.6 is 0 Å². The second-order valence-corrected chi connectivity index (χ2v) is 5.87. The Morgan fingerprint density at radius 1 is 0.793 bits per heavy atom. The number of hydrogen-bond donors (Lipinski definition) is 3. The van der Waals surface area contributed by atoms with Gasteiger partial charge in [0.15, 0.2) is 0 Å². The van der Waals surface area contributed by atoms with Crippen LogP contribution in [0.2, 0.25) is 0 Å². The Morgan fingerprint density at radius 3 is 1.90 bits per heavy atom. The molecule has 12 heteroatoms. The largest absolute Gasteiger partial charge is 0.416 e. The van der Waals surface area contributed by atoms with Gasteiger partial charge in [0, 0.05) is 16.8 Å². The zero-order chi connectivity index (χ0) is 21.4. The molecule has 0 aliphatic carbocycles. The number of carbonyl (C=O) groups excluding carboxylic acids is 2. The number of nitrogens with one attached hydrogen (secondary N) is 3. The standard InChI is InChI=1S/C17H10F6N4O2/c18-16(19,20)9-3-10(17(21,22)23)5-12(4-9)26-15(29)14(28)25-11-2-1-8-7-24-27-13(8)6-11/h1-7H,(H,24,27)(H,25,28)(H,26,29). The third kappa shape index (κ3) is 4.65. The fraction of sp³-hybridized carbons (Fsp3) is 0.118. The van der Waals surface area contributed by atoms with E-state index in [2.05, 4.69) is 15.5 Å². The normalized spacial score (nSPS) is 12.1. The van der Waals surface area contributed by atoms with Crippen molar-refractivity contribution < 1.29 is 35.9 Å². The SMILES string of the molecule is O=C(Nc1cc(C(F)(F)F)cc(C(F)(F)F)c1)C(=O)Nc1ccc2cn[nH]c2c1. The number of amides is 2. The predicted octanol–water partition coefficient (Wildman–Crippen LogP) is 4.18. The number of benzene rings is 2. The van der Waals surface area contributed by atoms with E-state index in [1.807, 2.05) is 0 Å². The van der Waals surface area contributed by atoms with Crippen LogP contribution < -0.4 is 10.6 Å². The predicted molar refractivity (Wildman–Crippen MR) is 89.8 cm³/mol. The van der Waals surface area contributed by atoms with Crippen molar-refractivity contribution in [2.24, 2.45) is 0 Å². The number of carbonyl (C=O) groups is 2. The zero-order valence-corrected chi connectivity index (χ0v) is 14.1. The zero-order valence-electron chi connectivity index (χ0n) is 14.1. The van der Waals surface area contributed by atoms with E-state index >= 15 is 0 Å². The third-order valence-electron chi connectivity index (χ3n) is 3.75. The van der Waals surface area contributed by atoms with Gasteiger partial charge in [-0.15, -0.1) is 0 Å². The van der Waals surface area contributed by atoms with Crippen molar-refractivity contribution in [1.29, 1.82) is 0 Å². The summed E-state index contributed by atoms with van der Waals surface area (Å²) in [5, 5.41) is 11.1. The van der Waals surface area contributed by atoms with E-state index in [0.29, 0.717) is 17.6 Å². The molecule has 2 aromatic carbocycles. The minimum atomic E-state index is -5.08. The van der Waals surface area contributed by atoms with Gasteiger partial charge >= 0.3 is 24.2 Å². The average molecular weight is 416 g/mol. The van der Waals surface area contributed by atoms with Crippen LogP contribution in [0.5, 0.6) is 0 Å². The number of rotatable bonds is 2. The number of fused-ring (bicyclic) bond motifs is 1. The molecule has 0 aliphatic heterocycles. The molecular formula is C17H10F6N4O2. The Morgan fingerprint density at radius 2 is 1.34 bits per heavy atom. The van der Waals surface area contributed by atoms with E-state index in [-0.39, 0.29) is 11.8 Å². The Bertz CT molecular complexity index is 1060. The Hall–Kier alpha value is -3.57. The fourth-order valence-electron chi connectivity index (χ4n) is 2.42. The summed E-state index contributed by atoms with van der Waals surface area (Å²) in [6.07, 6.45) is -8.65. The van der Waals surface area contributed by atoms with Crippen LogP contribution in [0.15, 0.2) is 42.6 Å². The highest BCUT2D eigenvalue weighted by Gasteiger charge is 2.37. The highest BCUT2D eigenvalue weighted by atomic mass is 19.4. The van der Waals surface area contributed by atoms with Gasteiger partial charge in [-0.2, -0.15) is 31.4 Å². The van der Waals surface area contributed by atoms with Crippen LogP contribution in [0, 0.1) is 0 Å². The first-order chi connectivity index (χ1) is 13.4. The number of aromatic amines is 1. The van der Waals surface area contributed by atoms with Gasteiger partial charge in [-0.05, 0) is 36.4 Å². The number of nitrogens with zero attached hydrogens (tertiary/aromatic N) is 1. The molecule has 0 unspecified atom stereocenters. The van der Waals surface area contributed by atoms with Gasteiger partial charge < -0.3 is 10.6 Å². The maximum atomic E-state index is 12.9. The lowest BCUT2D eigenvalue weighted by atomic mass is 10.1. The van der Waals surface area contributed by atoms with E-state index < -0.39 is 41.0 Å². The van der Waals surface area contributed by atoms with E-state index in [4.69, 9.17) is 0 Å². The Kier molecular flexibility index (Phi) is 4.95. The molecule has 0 atom stereocenters. The van der Waals surface area contributed by atoms with Crippen LogP contribution in [0.1, 0.15) is 11.1 Å². The minimum Gasteiger partial charge on any atom is -0.318 e. The van der Waals surface area contributed by atoms with Gasteiger partial charge in [-0.25, -0.2) is 0 Å². The smallest absolute Gasteiger partial charge is 0.318 e. The summed E-state index contributed by atoms with van der Waals surface area (Å²) in [6.45, 7) is 0. The van der Waals surface area contributed by atoms with Gasteiger partial charge in [0.25, 0.3) is 0 Å². The molecule has 1 heterocycles. The van der Waals surface area contributed by atoms with Gasteiger partial charge in [0.1, 0.15) is 0 Å². The molecule has 6 nitrogen and oxygen atoms in total. The topological polar surface area (TPSA) is 86.9 Å². The molecule has 3 N–H and O–H groups in total. The number of aromatic nitrogens is 2. The summed E-state index contributed by atoms with van der Waals surface area (Å²) < 4.78 is 77.1. The minimum absolute atomic E-state index is 0.0880. The number of halogens is 6. The molecular weight excluding hydrogens is 406 g/mol. The van der Waals surface area contributed by atoms with Crippen LogP contribution in [0.25, 0.3) is 10.9 Å². The number of hydrogen-bond acceptors (Lipinski definition) is 3. The average Bonchev–Trinajstić information content (AvgIpc) is 3.07. The van der Waals surface area contributed by atoms with Crippen molar-refractivity contribution in [3.63, 3.8) is 0 Å². The van der Waals surface area contributed by atoms with Crippen LogP contribution in [0.3, 0.4) is 0 Å². The van der Waals surface area contributed by atoms with Crippen molar-refractivity contribution >= 4 is 34.1 Å². The summed E-state index contributed by atoms with van der Waals surface area (Å²) in [5.74, 6) is -2.73. The molecule has 0 fully saturated rings. The van der Waals surface area contributed by atoms with E-state index in [1.165, 1.54) is 18.3 Å². The first-order valence-electron chi connectivity index (χ1n) is 7.78. The summed E-state index contributed by atoms with van der Waals surface area (Å²) in [7, 11) is 0. The second-order valence-electron chi connectivity index (χ2n) is 5.87. The highest BCUT2D eigenvalue weighted by molar-refractivity contribution is 6.43. The lowest BCUT2D eigenvalue weighted by Gasteiger charge is -2.14. The second kappa shape index (κ2) is 7.11. The quantitative estimate of drug-likeness (QED) is 0.433. The monoisotopic (exact) mass is 416 g/mol. The summed E-state index contributed by atoms with van der Waals surface area (Å²) >= 11 is 0. The lowest BCUT2D eigenvalue weighted by molar-refractivity contribution is -0.143. The van der Waals surface area contributed by atoms with Crippen molar-refractivity contribution in [2.75, 3.05) is 10.6 Å². The molecule has 2 amide bonds. The van der Waals surface area contributed by atoms with Gasteiger partial charge in [0.2, 0.25) is 0 Å². The van der Waals surface area contributed by atoms with Crippen LogP contribution in [-0.4, -0.2) is 22.0 Å². The van der Waals surface area contributed by atoms with Crippen LogP contribution in [-0.2, 0) is 21.9 Å². The number of anilines is 2. The molecule has 0 aliphatic rings. The van der Waals surface area contributed by atoms with Gasteiger partial charge in [-0.3, -0.25) is 14.7 Å². The molecule has 0 bridgehead atoms. The van der Waals surface area contributed by atoms with Crippen molar-refractivity contribution in [3.8, 4) is 0 Å². The van der Waals surface area contributed by atoms with E-state index in [9.17, 15) is 35.9 Å². The first kappa shape index (κ1) is 20.2.